The first-order chi connectivity index (χ1) is 8.49. The summed E-state index contributed by atoms with van der Waals surface area (Å²) in [4.78, 5) is 10.4. The fraction of sp³-hybridized carbons (Fsp3) is 0.143. The quantitative estimate of drug-likeness (QED) is 0.498. The van der Waals surface area contributed by atoms with Gasteiger partial charge in [0.05, 0.1) is 4.92 Å². The number of hydrogen-bond donors (Lipinski definition) is 1. The summed E-state index contributed by atoms with van der Waals surface area (Å²) in [7, 11) is 0. The van der Waals surface area contributed by atoms with Gasteiger partial charge in [0.25, 0.3) is 5.69 Å². The highest BCUT2D eigenvalue weighted by Gasteiger charge is 2.11. The van der Waals surface area contributed by atoms with Gasteiger partial charge in [-0.05, 0) is 54.8 Å². The highest BCUT2D eigenvalue weighted by molar-refractivity contribution is 5.69. The number of nitro groups is 1. The Morgan fingerprint density at radius 3 is 2.06 bits per heavy atom. The van der Waals surface area contributed by atoms with Gasteiger partial charge in [-0.1, -0.05) is 6.07 Å². The molecule has 2 rings (SSSR count). The van der Waals surface area contributed by atoms with E-state index in [-0.39, 0.29) is 10.6 Å². The van der Waals surface area contributed by atoms with Crippen LogP contribution in [0.15, 0.2) is 36.4 Å². The molecule has 2 aromatic rings. The number of benzene rings is 2. The molecule has 0 aliphatic carbocycles. The zero-order chi connectivity index (χ0) is 13.3. The molecule has 0 atom stereocenters. The fourth-order valence-corrected chi connectivity index (χ4v) is 1.90. The summed E-state index contributed by atoms with van der Waals surface area (Å²) in [6, 6.07) is 10.9. The summed E-state index contributed by atoms with van der Waals surface area (Å²) in [5.74, 6) is 0. The minimum absolute atomic E-state index is 0.144. The number of anilines is 1. The van der Waals surface area contributed by atoms with Gasteiger partial charge in [0.2, 0.25) is 0 Å². The standard InChI is InChI=1S/C14H14N2O2/c1-9-7-11(3-5-13(9)15)12-4-6-14(16(17)18)10(2)8-12/h3-8H,15H2,1-2H3. The monoisotopic (exact) mass is 242 g/mol. The summed E-state index contributed by atoms with van der Waals surface area (Å²) in [6.07, 6.45) is 0. The van der Waals surface area contributed by atoms with E-state index >= 15 is 0 Å². The molecule has 4 heteroatoms. The van der Waals surface area contributed by atoms with E-state index in [1.54, 1.807) is 13.0 Å². The van der Waals surface area contributed by atoms with Crippen molar-refractivity contribution < 1.29 is 4.92 Å². The SMILES string of the molecule is Cc1cc(-c2ccc([N+](=O)[O-])c(C)c2)ccc1N. The smallest absolute Gasteiger partial charge is 0.272 e. The van der Waals surface area contributed by atoms with Crippen molar-refractivity contribution in [1.29, 1.82) is 0 Å². The molecule has 0 aliphatic rings. The van der Waals surface area contributed by atoms with Crippen molar-refractivity contribution >= 4 is 11.4 Å². The average Bonchev–Trinajstić information content (AvgIpc) is 2.32. The largest absolute Gasteiger partial charge is 0.399 e. The third-order valence-electron chi connectivity index (χ3n) is 3.00. The molecule has 0 aromatic heterocycles. The molecule has 0 unspecified atom stereocenters. The fourth-order valence-electron chi connectivity index (χ4n) is 1.90. The Balaban J connectivity index is 2.48. The first-order valence-corrected chi connectivity index (χ1v) is 5.60. The Labute approximate surface area is 105 Å². The van der Waals surface area contributed by atoms with E-state index in [1.807, 2.05) is 31.2 Å². The van der Waals surface area contributed by atoms with Crippen LogP contribution in [0.3, 0.4) is 0 Å². The summed E-state index contributed by atoms with van der Waals surface area (Å²) in [5.41, 5.74) is 10.3. The zero-order valence-corrected chi connectivity index (χ0v) is 10.3. The first-order valence-electron chi connectivity index (χ1n) is 5.60. The van der Waals surface area contributed by atoms with E-state index in [0.717, 1.165) is 22.4 Å². The minimum Gasteiger partial charge on any atom is -0.399 e. The Morgan fingerprint density at radius 1 is 1.00 bits per heavy atom. The lowest BCUT2D eigenvalue weighted by Gasteiger charge is -2.06. The lowest BCUT2D eigenvalue weighted by molar-refractivity contribution is -0.385. The first kappa shape index (κ1) is 12.1. The lowest BCUT2D eigenvalue weighted by Crippen LogP contribution is -1.93. The molecule has 18 heavy (non-hydrogen) atoms. The van der Waals surface area contributed by atoms with Crippen molar-refractivity contribution in [3.63, 3.8) is 0 Å². The van der Waals surface area contributed by atoms with Crippen LogP contribution in [-0.4, -0.2) is 4.92 Å². The van der Waals surface area contributed by atoms with Crippen LogP contribution in [0.5, 0.6) is 0 Å². The molecule has 0 fully saturated rings. The third kappa shape index (κ3) is 2.18. The summed E-state index contributed by atoms with van der Waals surface area (Å²) in [5, 5.41) is 10.8. The van der Waals surface area contributed by atoms with Crippen molar-refractivity contribution in [3.8, 4) is 11.1 Å². The lowest BCUT2D eigenvalue weighted by atomic mass is 10.0. The molecule has 0 saturated heterocycles. The summed E-state index contributed by atoms with van der Waals surface area (Å²) >= 11 is 0. The van der Waals surface area contributed by atoms with Gasteiger partial charge in [-0.3, -0.25) is 10.1 Å². The molecule has 0 radical (unpaired) electrons. The van der Waals surface area contributed by atoms with Crippen molar-refractivity contribution in [2.75, 3.05) is 5.73 Å². The zero-order valence-electron chi connectivity index (χ0n) is 10.3. The normalized spacial score (nSPS) is 10.3. The van der Waals surface area contributed by atoms with Crippen LogP contribution in [-0.2, 0) is 0 Å². The maximum absolute atomic E-state index is 10.8. The van der Waals surface area contributed by atoms with Crippen molar-refractivity contribution in [2.45, 2.75) is 13.8 Å². The molecule has 0 aliphatic heterocycles. The van der Waals surface area contributed by atoms with Crippen LogP contribution < -0.4 is 5.73 Å². The number of hydrogen-bond acceptors (Lipinski definition) is 3. The Kier molecular flexibility index (Phi) is 3.02. The average molecular weight is 242 g/mol. The van der Waals surface area contributed by atoms with Gasteiger partial charge in [0.1, 0.15) is 0 Å². The maximum atomic E-state index is 10.8. The number of nitrogens with zero attached hydrogens (tertiary/aromatic N) is 1. The van der Waals surface area contributed by atoms with Gasteiger partial charge in [-0.15, -0.1) is 0 Å². The molecule has 4 nitrogen and oxygen atoms in total. The van der Waals surface area contributed by atoms with Gasteiger partial charge in [0, 0.05) is 17.3 Å². The molecule has 0 heterocycles. The van der Waals surface area contributed by atoms with Crippen LogP contribution in [0.25, 0.3) is 11.1 Å². The second kappa shape index (κ2) is 4.49. The van der Waals surface area contributed by atoms with Crippen LogP contribution in [0.2, 0.25) is 0 Å². The van der Waals surface area contributed by atoms with Crippen molar-refractivity contribution in [3.05, 3.63) is 57.6 Å². The van der Waals surface area contributed by atoms with Gasteiger partial charge in [0.15, 0.2) is 0 Å². The number of nitrogens with two attached hydrogens (primary N) is 1. The Hall–Kier alpha value is -2.36. The number of nitro benzene ring substituents is 1. The number of nitrogen functional groups attached to an aromatic ring is 1. The van der Waals surface area contributed by atoms with E-state index in [0.29, 0.717) is 5.56 Å². The maximum Gasteiger partial charge on any atom is 0.272 e. The van der Waals surface area contributed by atoms with Gasteiger partial charge in [-0.25, -0.2) is 0 Å². The van der Waals surface area contributed by atoms with E-state index in [1.165, 1.54) is 6.07 Å². The molecule has 0 spiro atoms. The number of rotatable bonds is 2. The highest BCUT2D eigenvalue weighted by atomic mass is 16.6. The van der Waals surface area contributed by atoms with Gasteiger partial charge >= 0.3 is 0 Å². The van der Waals surface area contributed by atoms with E-state index in [9.17, 15) is 10.1 Å². The molecular formula is C14H14N2O2. The number of aryl methyl sites for hydroxylation is 2. The van der Waals surface area contributed by atoms with Crippen LogP contribution in [0.1, 0.15) is 11.1 Å². The van der Waals surface area contributed by atoms with E-state index in [4.69, 9.17) is 5.73 Å². The molecule has 0 bridgehead atoms. The molecule has 0 saturated carbocycles. The summed E-state index contributed by atoms with van der Waals surface area (Å²) in [6.45, 7) is 3.68. The molecule has 2 N–H and O–H groups in total. The predicted octanol–water partition coefficient (Wildman–Crippen LogP) is 3.46. The summed E-state index contributed by atoms with van der Waals surface area (Å²) < 4.78 is 0. The molecular weight excluding hydrogens is 228 g/mol. The third-order valence-corrected chi connectivity index (χ3v) is 3.00. The van der Waals surface area contributed by atoms with Crippen molar-refractivity contribution in [2.24, 2.45) is 0 Å². The van der Waals surface area contributed by atoms with Crippen LogP contribution >= 0.6 is 0 Å². The topological polar surface area (TPSA) is 69.2 Å². The minimum atomic E-state index is -0.368. The highest BCUT2D eigenvalue weighted by Crippen LogP contribution is 2.27. The second-order valence-corrected chi connectivity index (χ2v) is 4.33. The van der Waals surface area contributed by atoms with Gasteiger partial charge < -0.3 is 5.73 Å². The predicted molar refractivity (Wildman–Crippen MR) is 72.4 cm³/mol. The van der Waals surface area contributed by atoms with E-state index in [2.05, 4.69) is 0 Å². The van der Waals surface area contributed by atoms with Gasteiger partial charge in [-0.2, -0.15) is 0 Å². The van der Waals surface area contributed by atoms with Crippen LogP contribution in [0, 0.1) is 24.0 Å². The Morgan fingerprint density at radius 2 is 1.56 bits per heavy atom. The van der Waals surface area contributed by atoms with Crippen molar-refractivity contribution in [1.82, 2.24) is 0 Å². The Bertz CT molecular complexity index is 621. The molecule has 2 aromatic carbocycles. The van der Waals surface area contributed by atoms with E-state index < -0.39 is 0 Å². The molecule has 92 valence electrons. The molecule has 0 amide bonds. The second-order valence-electron chi connectivity index (χ2n) is 4.33. The van der Waals surface area contributed by atoms with Crippen LogP contribution in [0.4, 0.5) is 11.4 Å².